The van der Waals surface area contributed by atoms with Crippen molar-refractivity contribution in [2.24, 2.45) is 0 Å². The standard InChI is InChI=1S/C15H15FN2O3/c1-9(12-8-11(16)3-4-13(12)21-2)18-15(20)10-5-6-17-14(19)7-10/h3-9H,1-2H3,(H,17,19)(H,18,20). The average Bonchev–Trinajstić information content (AvgIpc) is 2.47. The SMILES string of the molecule is COc1ccc(F)cc1C(C)NC(=O)c1cc[nH]c(=O)c1. The molecule has 5 nitrogen and oxygen atoms in total. The van der Waals surface area contributed by atoms with Crippen molar-refractivity contribution in [1.29, 1.82) is 0 Å². The molecule has 1 amide bonds. The van der Waals surface area contributed by atoms with Crippen molar-refractivity contribution in [2.45, 2.75) is 13.0 Å². The minimum atomic E-state index is -0.470. The molecule has 2 aromatic rings. The molecule has 0 saturated carbocycles. The predicted octanol–water partition coefficient (Wildman–Crippen LogP) is 2.01. The fraction of sp³-hybridized carbons (Fsp3) is 0.200. The van der Waals surface area contributed by atoms with Crippen LogP contribution in [0.15, 0.2) is 41.3 Å². The minimum absolute atomic E-state index is 0.237. The smallest absolute Gasteiger partial charge is 0.252 e. The third-order valence-corrected chi connectivity index (χ3v) is 3.04. The lowest BCUT2D eigenvalue weighted by Crippen LogP contribution is -2.28. The molecule has 0 bridgehead atoms. The number of carbonyl (C=O) groups is 1. The van der Waals surface area contributed by atoms with Crippen molar-refractivity contribution < 1.29 is 13.9 Å². The zero-order chi connectivity index (χ0) is 15.4. The van der Waals surface area contributed by atoms with E-state index in [1.54, 1.807) is 6.92 Å². The van der Waals surface area contributed by atoms with Gasteiger partial charge in [0.2, 0.25) is 5.56 Å². The van der Waals surface area contributed by atoms with Crippen LogP contribution in [-0.2, 0) is 0 Å². The molecule has 110 valence electrons. The molecule has 1 heterocycles. The van der Waals surface area contributed by atoms with E-state index in [1.165, 1.54) is 43.6 Å². The number of hydrogen-bond donors (Lipinski definition) is 2. The van der Waals surface area contributed by atoms with Crippen LogP contribution in [0.2, 0.25) is 0 Å². The summed E-state index contributed by atoms with van der Waals surface area (Å²) in [6.45, 7) is 1.71. The quantitative estimate of drug-likeness (QED) is 0.905. The summed E-state index contributed by atoms with van der Waals surface area (Å²) in [5.41, 5.74) is 0.398. The fourth-order valence-electron chi connectivity index (χ4n) is 1.99. The van der Waals surface area contributed by atoms with Crippen molar-refractivity contribution in [3.63, 3.8) is 0 Å². The molecule has 0 fully saturated rings. The van der Waals surface area contributed by atoms with Crippen LogP contribution in [0.5, 0.6) is 5.75 Å². The number of nitrogens with one attached hydrogen (secondary N) is 2. The Balaban J connectivity index is 2.21. The van der Waals surface area contributed by atoms with Gasteiger partial charge < -0.3 is 15.0 Å². The highest BCUT2D eigenvalue weighted by Crippen LogP contribution is 2.25. The van der Waals surface area contributed by atoms with Gasteiger partial charge in [0.05, 0.1) is 13.2 Å². The Morgan fingerprint density at radius 2 is 2.10 bits per heavy atom. The molecular formula is C15H15FN2O3. The van der Waals surface area contributed by atoms with Gasteiger partial charge in [-0.2, -0.15) is 0 Å². The molecule has 0 aliphatic heterocycles. The summed E-state index contributed by atoms with van der Waals surface area (Å²) in [6.07, 6.45) is 1.39. The number of aromatic nitrogens is 1. The van der Waals surface area contributed by atoms with Gasteiger partial charge in [0, 0.05) is 23.4 Å². The summed E-state index contributed by atoms with van der Waals surface area (Å²) in [5.74, 6) is -0.349. The van der Waals surface area contributed by atoms with Gasteiger partial charge in [-0.15, -0.1) is 0 Å². The van der Waals surface area contributed by atoms with E-state index < -0.39 is 17.8 Å². The van der Waals surface area contributed by atoms with Crippen LogP contribution in [0.3, 0.4) is 0 Å². The largest absolute Gasteiger partial charge is 0.496 e. The summed E-state index contributed by atoms with van der Waals surface area (Å²) < 4.78 is 18.5. The van der Waals surface area contributed by atoms with Gasteiger partial charge in [-0.25, -0.2) is 4.39 Å². The van der Waals surface area contributed by atoms with Crippen molar-refractivity contribution in [2.75, 3.05) is 7.11 Å². The van der Waals surface area contributed by atoms with E-state index >= 15 is 0 Å². The van der Waals surface area contributed by atoms with Gasteiger partial charge >= 0.3 is 0 Å². The van der Waals surface area contributed by atoms with E-state index in [2.05, 4.69) is 10.3 Å². The first kappa shape index (κ1) is 14.8. The Morgan fingerprint density at radius 3 is 2.76 bits per heavy atom. The molecule has 6 heteroatoms. The number of amides is 1. The predicted molar refractivity (Wildman–Crippen MR) is 75.9 cm³/mol. The summed E-state index contributed by atoms with van der Waals surface area (Å²) in [4.78, 5) is 25.7. The Bertz CT molecular complexity index is 712. The molecular weight excluding hydrogens is 275 g/mol. The Kier molecular flexibility index (Phi) is 4.37. The van der Waals surface area contributed by atoms with Crippen LogP contribution in [0, 0.1) is 5.82 Å². The first-order chi connectivity index (χ1) is 10.0. The number of carbonyl (C=O) groups excluding carboxylic acids is 1. The van der Waals surface area contributed by atoms with Crippen LogP contribution in [-0.4, -0.2) is 18.0 Å². The Labute approximate surface area is 120 Å². The second-order valence-corrected chi connectivity index (χ2v) is 4.52. The van der Waals surface area contributed by atoms with E-state index in [4.69, 9.17) is 4.74 Å². The van der Waals surface area contributed by atoms with Crippen molar-refractivity contribution in [3.05, 3.63) is 63.8 Å². The molecule has 2 rings (SSSR count). The maximum atomic E-state index is 13.3. The van der Waals surface area contributed by atoms with Crippen LogP contribution < -0.4 is 15.6 Å². The Morgan fingerprint density at radius 1 is 1.33 bits per heavy atom. The highest BCUT2D eigenvalue weighted by Gasteiger charge is 2.16. The number of halogens is 1. The first-order valence-corrected chi connectivity index (χ1v) is 6.34. The molecule has 0 radical (unpaired) electrons. The van der Waals surface area contributed by atoms with E-state index in [0.717, 1.165) is 0 Å². The summed E-state index contributed by atoms with van der Waals surface area (Å²) >= 11 is 0. The topological polar surface area (TPSA) is 71.2 Å². The second kappa shape index (κ2) is 6.21. The maximum Gasteiger partial charge on any atom is 0.252 e. The average molecular weight is 290 g/mol. The molecule has 0 spiro atoms. The van der Waals surface area contributed by atoms with Crippen LogP contribution in [0.4, 0.5) is 4.39 Å². The van der Waals surface area contributed by atoms with Gasteiger partial charge in [-0.1, -0.05) is 0 Å². The monoisotopic (exact) mass is 290 g/mol. The third kappa shape index (κ3) is 3.47. The summed E-state index contributed by atoms with van der Waals surface area (Å²) in [7, 11) is 1.47. The van der Waals surface area contributed by atoms with Crippen LogP contribution in [0.25, 0.3) is 0 Å². The number of pyridine rings is 1. The number of hydrogen-bond acceptors (Lipinski definition) is 3. The van der Waals surface area contributed by atoms with Crippen molar-refractivity contribution in [3.8, 4) is 5.75 Å². The van der Waals surface area contributed by atoms with E-state index in [1.807, 2.05) is 0 Å². The molecule has 21 heavy (non-hydrogen) atoms. The molecule has 0 aliphatic carbocycles. The number of benzene rings is 1. The lowest BCUT2D eigenvalue weighted by Gasteiger charge is -2.17. The molecule has 2 N–H and O–H groups in total. The summed E-state index contributed by atoms with van der Waals surface area (Å²) in [5, 5.41) is 2.70. The highest BCUT2D eigenvalue weighted by molar-refractivity contribution is 5.94. The lowest BCUT2D eigenvalue weighted by molar-refractivity contribution is 0.0939. The number of methoxy groups -OCH3 is 1. The zero-order valence-electron chi connectivity index (χ0n) is 11.6. The van der Waals surface area contributed by atoms with Gasteiger partial charge in [-0.3, -0.25) is 9.59 Å². The normalized spacial score (nSPS) is 11.8. The highest BCUT2D eigenvalue weighted by atomic mass is 19.1. The van der Waals surface area contributed by atoms with Gasteiger partial charge in [0.1, 0.15) is 11.6 Å². The molecule has 1 atom stereocenters. The van der Waals surface area contributed by atoms with Crippen molar-refractivity contribution in [1.82, 2.24) is 10.3 Å². The van der Waals surface area contributed by atoms with E-state index in [9.17, 15) is 14.0 Å². The van der Waals surface area contributed by atoms with Gasteiger partial charge in [0.15, 0.2) is 0 Å². The zero-order valence-corrected chi connectivity index (χ0v) is 11.6. The van der Waals surface area contributed by atoms with Gasteiger partial charge in [0.25, 0.3) is 5.91 Å². The van der Waals surface area contributed by atoms with E-state index in [-0.39, 0.29) is 11.1 Å². The fourth-order valence-corrected chi connectivity index (χ4v) is 1.99. The minimum Gasteiger partial charge on any atom is -0.496 e. The van der Waals surface area contributed by atoms with Crippen molar-refractivity contribution >= 4 is 5.91 Å². The number of rotatable bonds is 4. The third-order valence-electron chi connectivity index (χ3n) is 3.04. The molecule has 1 unspecified atom stereocenters. The first-order valence-electron chi connectivity index (χ1n) is 6.34. The number of H-pyrrole nitrogens is 1. The van der Waals surface area contributed by atoms with Gasteiger partial charge in [-0.05, 0) is 31.2 Å². The summed E-state index contributed by atoms with van der Waals surface area (Å²) in [6, 6.07) is 6.31. The maximum absolute atomic E-state index is 13.3. The number of aromatic amines is 1. The molecule has 1 aromatic heterocycles. The number of ether oxygens (including phenoxy) is 1. The lowest BCUT2D eigenvalue weighted by atomic mass is 10.1. The van der Waals surface area contributed by atoms with E-state index in [0.29, 0.717) is 11.3 Å². The van der Waals surface area contributed by atoms with Crippen LogP contribution in [0.1, 0.15) is 28.9 Å². The molecule has 0 saturated heterocycles. The molecule has 0 aliphatic rings. The second-order valence-electron chi connectivity index (χ2n) is 4.52. The molecule has 1 aromatic carbocycles. The Hall–Kier alpha value is -2.63. The van der Waals surface area contributed by atoms with Crippen LogP contribution >= 0.6 is 0 Å².